The molecule has 1 atom stereocenters. The van der Waals surface area contributed by atoms with E-state index in [9.17, 15) is 46.1 Å². The van der Waals surface area contributed by atoms with Gasteiger partial charge in [-0.1, -0.05) is 6.92 Å². The molecule has 1 N–H and O–H groups in total. The topological polar surface area (TPSA) is 95.9 Å². The van der Waals surface area contributed by atoms with Crippen LogP contribution in [0.15, 0.2) is 12.1 Å². The Hall–Kier alpha value is -1.04. The summed E-state index contributed by atoms with van der Waals surface area (Å²) in [6.45, 7) is -0.428. The Morgan fingerprint density at radius 1 is 1.07 bits per heavy atom. The average Bonchev–Trinajstić information content (AvgIpc) is 2.57. The molecule has 0 radical (unpaired) electrons. The third-order valence-corrected chi connectivity index (χ3v) is 4.78. The Bertz CT molecular complexity index is 766. The molecular weight excluding hydrogens is 644 g/mol. The van der Waals surface area contributed by atoms with E-state index in [0.717, 1.165) is 0 Å². The van der Waals surface area contributed by atoms with Gasteiger partial charge in [0, 0.05) is 9.49 Å². The Morgan fingerprint density at radius 3 is 2.03 bits per heavy atom. The largest absolute Gasteiger partial charge is 0.828 e. The van der Waals surface area contributed by atoms with Crippen molar-refractivity contribution in [2.75, 3.05) is 13.2 Å². The number of phenols is 1. The van der Waals surface area contributed by atoms with Gasteiger partial charge in [0.05, 0.1) is 16.8 Å². The van der Waals surface area contributed by atoms with Crippen molar-refractivity contribution in [2.45, 2.75) is 24.9 Å². The summed E-state index contributed by atoms with van der Waals surface area (Å²) in [5.74, 6) is -5.49. The lowest BCUT2D eigenvalue weighted by Crippen LogP contribution is -2.71. The first kappa shape index (κ1) is 26.0. The van der Waals surface area contributed by atoms with Crippen molar-refractivity contribution >= 4 is 57.1 Å². The van der Waals surface area contributed by atoms with Crippen molar-refractivity contribution < 1.29 is 55.6 Å². The molecule has 1 unspecified atom stereocenters. The number of hydrogen-bond acceptors (Lipinski definition) is 6. The maximum Gasteiger partial charge on any atom is 0.399 e. The van der Waals surface area contributed by atoms with Crippen molar-refractivity contribution in [2.24, 2.45) is 5.92 Å². The first-order chi connectivity index (χ1) is 13.0. The molecule has 0 aliphatic heterocycles. The van der Waals surface area contributed by atoms with Crippen LogP contribution in [0.2, 0.25) is 0 Å². The van der Waals surface area contributed by atoms with Gasteiger partial charge in [-0.25, -0.2) is 4.79 Å². The molecule has 0 heterocycles. The number of alkyl halides is 6. The number of esters is 2. The first-order valence-electron chi connectivity index (χ1n) is 7.38. The molecule has 0 bridgehead atoms. The van der Waals surface area contributed by atoms with Crippen LogP contribution in [0.3, 0.4) is 0 Å². The predicted molar refractivity (Wildman–Crippen MR) is 98.8 cm³/mol. The highest BCUT2D eigenvalue weighted by Gasteiger charge is 2.68. The number of aromatic hydroxyl groups is 1. The summed E-state index contributed by atoms with van der Waals surface area (Å²) < 4.78 is 84.6. The van der Waals surface area contributed by atoms with Gasteiger partial charge < -0.3 is 19.7 Å². The molecule has 1 aromatic carbocycles. The Labute approximate surface area is 186 Å². The van der Waals surface area contributed by atoms with Gasteiger partial charge in [-0.3, -0.25) is 4.79 Å². The molecule has 29 heavy (non-hydrogen) atoms. The van der Waals surface area contributed by atoms with E-state index < -0.39 is 49.0 Å². The molecule has 0 saturated heterocycles. The van der Waals surface area contributed by atoms with E-state index in [1.165, 1.54) is 13.0 Å². The van der Waals surface area contributed by atoms with Crippen molar-refractivity contribution in [3.63, 3.8) is 0 Å². The van der Waals surface area contributed by atoms with Crippen LogP contribution < -0.4 is 5.11 Å². The summed E-state index contributed by atoms with van der Waals surface area (Å²) in [5, 5.41) is 21.0. The second-order valence-corrected chi connectivity index (χ2v) is 8.17. The van der Waals surface area contributed by atoms with Crippen molar-refractivity contribution in [1.82, 2.24) is 0 Å². The molecule has 0 aliphatic carbocycles. The fourth-order valence-corrected chi connectivity index (χ4v) is 3.62. The molecule has 0 aromatic heterocycles. The average molecular weight is 655 g/mol. The lowest BCUT2D eigenvalue weighted by molar-refractivity contribution is -0.574. The molecule has 14 heteroatoms. The van der Waals surface area contributed by atoms with Crippen LogP contribution in [0.5, 0.6) is 5.75 Å². The van der Waals surface area contributed by atoms with E-state index in [0.29, 0.717) is 7.14 Å². The lowest BCUT2D eigenvalue weighted by Gasteiger charge is -2.40. The summed E-state index contributed by atoms with van der Waals surface area (Å²) in [4.78, 5) is 23.2. The highest BCUT2D eigenvalue weighted by molar-refractivity contribution is 14.1. The fourth-order valence-electron chi connectivity index (χ4n) is 1.78. The molecule has 0 spiro atoms. The second kappa shape index (κ2) is 9.40. The standard InChI is InChI=1S/C15H11F6I2O6/c1-6(4-28-11(25)8-2-7(22)3-9(23)10(8)24)5-29-12(26)13(27,14(16,17)18)15(19,20)21/h2-3,6,24H,4-5H2,1H3/q-1. The highest BCUT2D eigenvalue weighted by atomic mass is 127. The van der Waals surface area contributed by atoms with Crippen LogP contribution in [0.25, 0.3) is 0 Å². The normalized spacial score (nSPS) is 13.7. The van der Waals surface area contributed by atoms with E-state index >= 15 is 0 Å². The van der Waals surface area contributed by atoms with E-state index in [2.05, 4.69) is 4.74 Å². The summed E-state index contributed by atoms with van der Waals surface area (Å²) in [7, 11) is 0. The number of ether oxygens (including phenoxy) is 2. The van der Waals surface area contributed by atoms with Crippen molar-refractivity contribution in [3.8, 4) is 5.75 Å². The third-order valence-electron chi connectivity index (χ3n) is 3.33. The molecule has 0 amide bonds. The molecular formula is C15H11F6I2O6-. The SMILES string of the molecule is CC(COC(=O)c1cc(I)cc(I)c1O)COC(=O)C([O-])(C(F)(F)F)C(F)(F)F. The summed E-state index contributed by atoms with van der Waals surface area (Å²) in [6.07, 6.45) is -12.9. The Morgan fingerprint density at radius 2 is 1.55 bits per heavy atom. The minimum Gasteiger partial charge on any atom is -0.828 e. The zero-order valence-corrected chi connectivity index (χ0v) is 18.5. The van der Waals surface area contributed by atoms with E-state index in [1.807, 2.05) is 22.6 Å². The first-order valence-corrected chi connectivity index (χ1v) is 9.54. The van der Waals surface area contributed by atoms with Crippen LogP contribution >= 0.6 is 45.2 Å². The Balaban J connectivity index is 2.73. The van der Waals surface area contributed by atoms with Crippen LogP contribution in [0.4, 0.5) is 26.3 Å². The molecule has 0 aliphatic rings. The van der Waals surface area contributed by atoms with Crippen LogP contribution in [0, 0.1) is 13.1 Å². The van der Waals surface area contributed by atoms with E-state index in [4.69, 9.17) is 4.74 Å². The van der Waals surface area contributed by atoms with Gasteiger partial charge in [-0.15, -0.1) is 0 Å². The molecule has 6 nitrogen and oxygen atoms in total. The molecule has 164 valence electrons. The Kier molecular flexibility index (Phi) is 8.43. The quantitative estimate of drug-likeness (QED) is 0.288. The molecule has 1 aromatic rings. The summed E-state index contributed by atoms with van der Waals surface area (Å²) in [5.41, 5.74) is -6.14. The summed E-state index contributed by atoms with van der Waals surface area (Å²) >= 11 is 3.63. The molecule has 0 saturated carbocycles. The van der Waals surface area contributed by atoms with Gasteiger partial charge in [0.25, 0.3) is 0 Å². The molecule has 0 fully saturated rings. The van der Waals surface area contributed by atoms with Crippen LogP contribution in [0.1, 0.15) is 17.3 Å². The number of hydrogen-bond donors (Lipinski definition) is 1. The smallest absolute Gasteiger partial charge is 0.399 e. The zero-order chi connectivity index (χ0) is 22.8. The second-order valence-electron chi connectivity index (χ2n) is 5.76. The van der Waals surface area contributed by atoms with Crippen molar-refractivity contribution in [3.05, 3.63) is 24.8 Å². The van der Waals surface area contributed by atoms with Crippen LogP contribution in [-0.4, -0.2) is 48.2 Å². The van der Waals surface area contributed by atoms with E-state index in [-0.39, 0.29) is 11.3 Å². The van der Waals surface area contributed by atoms with Gasteiger partial charge in [0.15, 0.2) is 5.60 Å². The minimum atomic E-state index is -6.46. The fraction of sp³-hybridized carbons (Fsp3) is 0.467. The lowest BCUT2D eigenvalue weighted by atomic mass is 10.0. The van der Waals surface area contributed by atoms with Gasteiger partial charge in [-0.05, 0) is 57.3 Å². The van der Waals surface area contributed by atoms with E-state index in [1.54, 1.807) is 28.7 Å². The van der Waals surface area contributed by atoms with Gasteiger partial charge in [0.1, 0.15) is 11.3 Å². The summed E-state index contributed by atoms with van der Waals surface area (Å²) in [6, 6.07) is 2.86. The highest BCUT2D eigenvalue weighted by Crippen LogP contribution is 2.41. The van der Waals surface area contributed by atoms with Crippen molar-refractivity contribution in [1.29, 1.82) is 0 Å². The number of carbonyl (C=O) groups is 2. The number of rotatable bonds is 6. The van der Waals surface area contributed by atoms with Gasteiger partial charge in [-0.2, -0.15) is 26.3 Å². The third kappa shape index (κ3) is 5.99. The predicted octanol–water partition coefficient (Wildman–Crippen LogP) is 3.16. The monoisotopic (exact) mass is 655 g/mol. The number of phenolic OH excluding ortho intramolecular Hbond substituents is 1. The van der Waals surface area contributed by atoms with Gasteiger partial charge in [0.2, 0.25) is 0 Å². The number of benzene rings is 1. The zero-order valence-electron chi connectivity index (χ0n) is 14.2. The number of carbonyl (C=O) groups excluding carboxylic acids is 2. The molecule has 1 rings (SSSR count). The maximum atomic E-state index is 12.5. The maximum absolute atomic E-state index is 12.5. The van der Waals surface area contributed by atoms with Crippen LogP contribution in [-0.2, 0) is 14.3 Å². The van der Waals surface area contributed by atoms with Gasteiger partial charge >= 0.3 is 24.3 Å². The number of halogens is 8. The minimum absolute atomic E-state index is 0.210.